The summed E-state index contributed by atoms with van der Waals surface area (Å²) in [6, 6.07) is 0. The van der Waals surface area contributed by atoms with Crippen molar-refractivity contribution in [2.75, 3.05) is 47.5 Å². The van der Waals surface area contributed by atoms with E-state index in [4.69, 9.17) is 18.5 Å². The molecule has 0 bridgehead atoms. The molecule has 0 aromatic rings. The summed E-state index contributed by atoms with van der Waals surface area (Å²) >= 11 is 0. The smallest absolute Gasteiger partial charge is 0.306 e. The fourth-order valence-electron chi connectivity index (χ4n) is 5.12. The zero-order valence-electron chi connectivity index (χ0n) is 30.5. The van der Waals surface area contributed by atoms with Gasteiger partial charge in [-0.2, -0.15) is 0 Å². The maximum atomic E-state index is 12.6. The molecule has 0 radical (unpaired) electrons. The molecular weight excluding hydrogens is 605 g/mol. The number of rotatable bonds is 34. The average Bonchev–Trinajstić information content (AvgIpc) is 2.99. The van der Waals surface area contributed by atoms with E-state index in [1.54, 1.807) is 0 Å². The largest absolute Gasteiger partial charge is 0.756 e. The molecule has 10 heteroatoms. The van der Waals surface area contributed by atoms with Crippen LogP contribution in [0.5, 0.6) is 0 Å². The molecule has 0 aromatic carbocycles. The van der Waals surface area contributed by atoms with Crippen LogP contribution >= 0.6 is 7.82 Å². The van der Waals surface area contributed by atoms with Crippen molar-refractivity contribution in [3.8, 4) is 0 Å². The van der Waals surface area contributed by atoms with Gasteiger partial charge in [0.2, 0.25) is 0 Å². The van der Waals surface area contributed by atoms with Crippen molar-refractivity contribution >= 4 is 19.8 Å². The van der Waals surface area contributed by atoms with Gasteiger partial charge in [-0.15, -0.1) is 0 Å². The lowest BCUT2D eigenvalue weighted by Gasteiger charge is -2.28. The van der Waals surface area contributed by atoms with Gasteiger partial charge in [0.25, 0.3) is 7.82 Å². The van der Waals surface area contributed by atoms with E-state index >= 15 is 0 Å². The van der Waals surface area contributed by atoms with Crippen LogP contribution in [0.1, 0.15) is 168 Å². The number of hydrogen-bond donors (Lipinski definition) is 0. The van der Waals surface area contributed by atoms with Crippen LogP contribution in [0.4, 0.5) is 0 Å². The molecule has 0 rings (SSSR count). The van der Waals surface area contributed by atoms with Crippen molar-refractivity contribution < 1.29 is 42.1 Å². The van der Waals surface area contributed by atoms with Crippen LogP contribution in [0.15, 0.2) is 0 Å². The van der Waals surface area contributed by atoms with Crippen LogP contribution in [0, 0.1) is 0 Å². The molecule has 0 amide bonds. The van der Waals surface area contributed by atoms with Crippen LogP contribution in [0.2, 0.25) is 0 Å². The summed E-state index contributed by atoms with van der Waals surface area (Å²) in [5, 5.41) is 0. The molecule has 2 atom stereocenters. The highest BCUT2D eigenvalue weighted by molar-refractivity contribution is 7.45. The lowest BCUT2D eigenvalue weighted by atomic mass is 10.0. The number of unbranched alkanes of at least 4 members (excludes halogenated alkanes) is 20. The molecule has 0 aliphatic carbocycles. The van der Waals surface area contributed by atoms with Crippen molar-refractivity contribution in [3.63, 3.8) is 0 Å². The first-order valence-corrected chi connectivity index (χ1v) is 20.2. The highest BCUT2D eigenvalue weighted by atomic mass is 31.2. The van der Waals surface area contributed by atoms with Crippen LogP contribution < -0.4 is 4.89 Å². The minimum atomic E-state index is -4.60. The maximum Gasteiger partial charge on any atom is 0.306 e. The zero-order valence-corrected chi connectivity index (χ0v) is 31.4. The molecule has 0 N–H and O–H groups in total. The Bertz CT molecular complexity index is 774. The highest BCUT2D eigenvalue weighted by Crippen LogP contribution is 2.38. The number of phosphoric acid groups is 1. The van der Waals surface area contributed by atoms with Crippen molar-refractivity contribution in [2.45, 2.75) is 174 Å². The summed E-state index contributed by atoms with van der Waals surface area (Å²) in [5.74, 6) is -0.837. The lowest BCUT2D eigenvalue weighted by Crippen LogP contribution is -2.37. The Kier molecular flexibility index (Phi) is 29.4. The molecule has 0 spiro atoms. The molecular formula is C36H72NO8P. The minimum Gasteiger partial charge on any atom is -0.756 e. The van der Waals surface area contributed by atoms with E-state index in [1.165, 1.54) is 96.3 Å². The van der Waals surface area contributed by atoms with Gasteiger partial charge in [0.1, 0.15) is 19.8 Å². The van der Waals surface area contributed by atoms with Gasteiger partial charge in [-0.3, -0.25) is 14.2 Å². The number of hydrogen-bond acceptors (Lipinski definition) is 8. The fraction of sp³-hybridized carbons (Fsp3) is 0.944. The van der Waals surface area contributed by atoms with E-state index in [-0.39, 0.29) is 32.0 Å². The van der Waals surface area contributed by atoms with E-state index < -0.39 is 26.5 Å². The van der Waals surface area contributed by atoms with Gasteiger partial charge in [-0.05, 0) is 12.8 Å². The van der Waals surface area contributed by atoms with Gasteiger partial charge in [0, 0.05) is 12.8 Å². The Morgan fingerprint density at radius 2 is 0.978 bits per heavy atom. The molecule has 0 aliphatic rings. The number of phosphoric ester groups is 1. The monoisotopic (exact) mass is 677 g/mol. The number of nitrogens with zero attached hydrogens (tertiary/aromatic N) is 1. The Labute approximate surface area is 283 Å². The fourth-order valence-corrected chi connectivity index (χ4v) is 5.85. The van der Waals surface area contributed by atoms with Gasteiger partial charge in [0.15, 0.2) is 6.10 Å². The standard InChI is InChI=1S/C36H72NO8P/c1-6-8-10-12-14-15-16-17-18-19-20-21-22-23-25-27-29-36(39)45-34(32-42-35(38)28-26-24-13-11-9-7-2)33-44-46(40,41)43-31-30-37(3,4)5/h34H,6-33H2,1-5H3. The Hall–Kier alpha value is -0.990. The third-order valence-corrected chi connectivity index (χ3v) is 9.09. The number of carbonyl (C=O) groups excluding carboxylic acids is 2. The van der Waals surface area contributed by atoms with Crippen molar-refractivity contribution in [1.82, 2.24) is 0 Å². The Morgan fingerprint density at radius 3 is 1.39 bits per heavy atom. The molecule has 0 aliphatic heterocycles. The molecule has 46 heavy (non-hydrogen) atoms. The van der Waals surface area contributed by atoms with Crippen LogP contribution in [0.25, 0.3) is 0 Å². The molecule has 0 heterocycles. The van der Waals surface area contributed by atoms with E-state index in [2.05, 4.69) is 13.8 Å². The topological polar surface area (TPSA) is 111 Å². The molecule has 0 saturated carbocycles. The summed E-state index contributed by atoms with van der Waals surface area (Å²) in [4.78, 5) is 37.1. The number of likely N-dealkylation sites (N-methyl/N-ethyl adjacent to an activating group) is 1. The average molecular weight is 678 g/mol. The summed E-state index contributed by atoms with van der Waals surface area (Å²) in [7, 11) is 1.17. The van der Waals surface area contributed by atoms with Crippen LogP contribution in [0.3, 0.4) is 0 Å². The first-order valence-electron chi connectivity index (χ1n) is 18.7. The Morgan fingerprint density at radius 1 is 0.587 bits per heavy atom. The highest BCUT2D eigenvalue weighted by Gasteiger charge is 2.21. The quantitative estimate of drug-likeness (QED) is 0.0287. The minimum absolute atomic E-state index is 0.0266. The molecule has 274 valence electrons. The van der Waals surface area contributed by atoms with Crippen molar-refractivity contribution in [2.24, 2.45) is 0 Å². The van der Waals surface area contributed by atoms with Gasteiger partial charge in [0.05, 0.1) is 27.7 Å². The molecule has 0 aromatic heterocycles. The molecule has 9 nitrogen and oxygen atoms in total. The van der Waals surface area contributed by atoms with Crippen molar-refractivity contribution in [3.05, 3.63) is 0 Å². The number of ether oxygens (including phenoxy) is 2. The predicted octanol–water partition coefficient (Wildman–Crippen LogP) is 9.05. The second kappa shape index (κ2) is 30.1. The van der Waals surface area contributed by atoms with E-state index in [9.17, 15) is 19.0 Å². The van der Waals surface area contributed by atoms with Gasteiger partial charge in [-0.1, -0.05) is 142 Å². The van der Waals surface area contributed by atoms with Crippen LogP contribution in [-0.4, -0.2) is 70.0 Å². The van der Waals surface area contributed by atoms with Crippen LogP contribution in [-0.2, 0) is 32.7 Å². The summed E-state index contributed by atoms with van der Waals surface area (Å²) in [6.07, 6.45) is 25.8. The first kappa shape index (κ1) is 45.0. The SMILES string of the molecule is CCCCCCCCCCCCCCCCCCC(=O)OC(COC(=O)CCCCCCCC)COP(=O)([O-])OCC[N+](C)(C)C. The predicted molar refractivity (Wildman–Crippen MR) is 185 cm³/mol. The van der Waals surface area contributed by atoms with E-state index in [1.807, 2.05) is 21.1 Å². The molecule has 0 saturated heterocycles. The zero-order chi connectivity index (χ0) is 34.4. The molecule has 0 fully saturated rings. The second-order valence-corrected chi connectivity index (χ2v) is 15.4. The van der Waals surface area contributed by atoms with E-state index in [0.717, 1.165) is 38.5 Å². The van der Waals surface area contributed by atoms with Gasteiger partial charge < -0.3 is 27.9 Å². The molecule has 2 unspecified atom stereocenters. The normalized spacial score (nSPS) is 13.8. The Balaban J connectivity index is 4.30. The number of carbonyl (C=O) groups is 2. The van der Waals surface area contributed by atoms with Gasteiger partial charge in [-0.25, -0.2) is 0 Å². The third-order valence-electron chi connectivity index (χ3n) is 8.13. The van der Waals surface area contributed by atoms with Crippen molar-refractivity contribution in [1.29, 1.82) is 0 Å². The first-order chi connectivity index (χ1) is 22.0. The lowest BCUT2D eigenvalue weighted by molar-refractivity contribution is -0.870. The summed E-state index contributed by atoms with van der Waals surface area (Å²) in [5.41, 5.74) is 0. The van der Waals surface area contributed by atoms with Gasteiger partial charge >= 0.3 is 11.9 Å². The summed E-state index contributed by atoms with van der Waals surface area (Å²) in [6.45, 7) is 4.16. The summed E-state index contributed by atoms with van der Waals surface area (Å²) < 4.78 is 33.6. The number of esters is 2. The number of quaternary nitrogens is 1. The third kappa shape index (κ3) is 32.9. The van der Waals surface area contributed by atoms with E-state index in [0.29, 0.717) is 17.4 Å². The maximum absolute atomic E-state index is 12.6. The second-order valence-electron chi connectivity index (χ2n) is 14.0.